The first-order valence-corrected chi connectivity index (χ1v) is 8.14. The third-order valence-corrected chi connectivity index (χ3v) is 4.28. The highest BCUT2D eigenvalue weighted by Crippen LogP contribution is 2.31. The number of thiophene rings is 1. The summed E-state index contributed by atoms with van der Waals surface area (Å²) in [6.07, 6.45) is 0. The van der Waals surface area contributed by atoms with Crippen molar-refractivity contribution in [2.24, 2.45) is 5.92 Å². The minimum atomic E-state index is -0.483. The Hall–Kier alpha value is -2.34. The molecule has 23 heavy (non-hydrogen) atoms. The van der Waals surface area contributed by atoms with Crippen molar-refractivity contribution in [1.29, 1.82) is 0 Å². The van der Waals surface area contributed by atoms with Crippen molar-refractivity contribution in [3.63, 3.8) is 0 Å². The van der Waals surface area contributed by atoms with Crippen LogP contribution in [0.15, 0.2) is 30.3 Å². The largest absolute Gasteiger partial charge is 0.462 e. The van der Waals surface area contributed by atoms with Gasteiger partial charge in [0.05, 0.1) is 17.0 Å². The number of ether oxygens (including phenoxy) is 1. The van der Waals surface area contributed by atoms with Crippen LogP contribution in [-0.2, 0) is 4.74 Å². The first-order valence-electron chi connectivity index (χ1n) is 7.32. The average Bonchev–Trinajstić information content (AvgIpc) is 2.81. The van der Waals surface area contributed by atoms with Gasteiger partial charge in [-0.2, -0.15) is 0 Å². The molecule has 0 spiro atoms. The van der Waals surface area contributed by atoms with Crippen molar-refractivity contribution in [1.82, 2.24) is 0 Å². The van der Waals surface area contributed by atoms with Crippen LogP contribution in [0.5, 0.6) is 0 Å². The van der Waals surface area contributed by atoms with Crippen molar-refractivity contribution in [2.45, 2.75) is 20.8 Å². The molecule has 0 radical (unpaired) electrons. The quantitative estimate of drug-likeness (QED) is 0.818. The number of nitrogens with one attached hydrogen (secondary N) is 1. The van der Waals surface area contributed by atoms with E-state index in [4.69, 9.17) is 10.5 Å². The minimum absolute atomic E-state index is 0.236. The van der Waals surface area contributed by atoms with Crippen molar-refractivity contribution in [3.8, 4) is 0 Å². The molecule has 1 heterocycles. The van der Waals surface area contributed by atoms with E-state index >= 15 is 0 Å². The number of para-hydroxylation sites is 1. The molecule has 2 aromatic rings. The fourth-order valence-corrected chi connectivity index (χ4v) is 2.99. The summed E-state index contributed by atoms with van der Waals surface area (Å²) in [6, 6.07) is 9.12. The summed E-state index contributed by atoms with van der Waals surface area (Å²) in [7, 11) is 0. The Morgan fingerprint density at radius 3 is 2.52 bits per heavy atom. The molecule has 2 rings (SSSR count). The van der Waals surface area contributed by atoms with E-state index in [1.165, 1.54) is 0 Å². The van der Waals surface area contributed by atoms with Crippen LogP contribution in [0.4, 0.5) is 10.7 Å². The zero-order valence-electron chi connectivity index (χ0n) is 13.4. The summed E-state index contributed by atoms with van der Waals surface area (Å²) < 4.78 is 5.22. The number of nitrogens with two attached hydrogens (primary N) is 1. The lowest BCUT2D eigenvalue weighted by molar-refractivity contribution is 0.0460. The molecule has 0 aliphatic rings. The number of nitrogen functional groups attached to an aromatic ring is 1. The molecule has 0 saturated heterocycles. The number of anilines is 2. The van der Waals surface area contributed by atoms with Gasteiger partial charge in [0.25, 0.3) is 5.91 Å². The van der Waals surface area contributed by atoms with E-state index in [9.17, 15) is 9.59 Å². The molecule has 0 atom stereocenters. The Morgan fingerprint density at radius 2 is 1.91 bits per heavy atom. The van der Waals surface area contributed by atoms with Gasteiger partial charge >= 0.3 is 5.97 Å². The van der Waals surface area contributed by atoms with Crippen LogP contribution in [0.1, 0.15) is 39.4 Å². The number of carbonyl (C=O) groups is 2. The zero-order chi connectivity index (χ0) is 17.0. The van der Waals surface area contributed by atoms with E-state index in [2.05, 4.69) is 5.32 Å². The van der Waals surface area contributed by atoms with E-state index in [1.54, 1.807) is 19.1 Å². The summed E-state index contributed by atoms with van der Waals surface area (Å²) in [4.78, 5) is 25.0. The first-order chi connectivity index (χ1) is 10.9. The average molecular weight is 332 g/mol. The molecule has 1 amide bonds. The molecular formula is C17H20N2O3S. The second kappa shape index (κ2) is 7.28. The first kappa shape index (κ1) is 17.0. The minimum Gasteiger partial charge on any atom is -0.462 e. The maximum Gasteiger partial charge on any atom is 0.341 e. The Bertz CT molecular complexity index is 708. The lowest BCUT2D eigenvalue weighted by Gasteiger charge is -2.08. The number of rotatable bonds is 5. The molecule has 0 unspecified atom stereocenters. The van der Waals surface area contributed by atoms with Gasteiger partial charge in [-0.25, -0.2) is 4.79 Å². The monoisotopic (exact) mass is 332 g/mol. The SMILES string of the molecule is Cc1c(C(=O)Nc2ccccc2)sc(N)c1C(=O)OCC(C)C. The van der Waals surface area contributed by atoms with Gasteiger partial charge in [0.1, 0.15) is 5.00 Å². The topological polar surface area (TPSA) is 81.4 Å². The molecule has 5 nitrogen and oxygen atoms in total. The maximum absolute atomic E-state index is 12.4. The summed E-state index contributed by atoms with van der Waals surface area (Å²) in [5, 5.41) is 3.09. The van der Waals surface area contributed by atoms with Crippen LogP contribution in [0.3, 0.4) is 0 Å². The molecule has 122 valence electrons. The van der Waals surface area contributed by atoms with Crippen LogP contribution in [0.25, 0.3) is 0 Å². The van der Waals surface area contributed by atoms with E-state index in [0.717, 1.165) is 11.3 Å². The fraction of sp³-hybridized carbons (Fsp3) is 0.294. The highest BCUT2D eigenvalue weighted by atomic mass is 32.1. The number of amides is 1. The van der Waals surface area contributed by atoms with E-state index in [-0.39, 0.29) is 17.4 Å². The maximum atomic E-state index is 12.4. The third-order valence-electron chi connectivity index (χ3n) is 3.16. The lowest BCUT2D eigenvalue weighted by atomic mass is 10.1. The summed E-state index contributed by atoms with van der Waals surface area (Å²) in [5.41, 5.74) is 7.44. The standard InChI is InChI=1S/C17H20N2O3S/c1-10(2)9-22-17(21)13-11(3)14(23-15(13)18)16(20)19-12-7-5-4-6-8-12/h4-8,10H,9,18H2,1-3H3,(H,19,20). The van der Waals surface area contributed by atoms with Gasteiger partial charge in [0.2, 0.25) is 0 Å². The van der Waals surface area contributed by atoms with Gasteiger partial charge in [0.15, 0.2) is 0 Å². The Morgan fingerprint density at radius 1 is 1.26 bits per heavy atom. The Kier molecular flexibility index (Phi) is 5.39. The van der Waals surface area contributed by atoms with Gasteiger partial charge in [-0.05, 0) is 30.5 Å². The number of hydrogen-bond acceptors (Lipinski definition) is 5. The van der Waals surface area contributed by atoms with Crippen molar-refractivity contribution in [2.75, 3.05) is 17.7 Å². The van der Waals surface area contributed by atoms with Crippen molar-refractivity contribution >= 4 is 33.9 Å². The fourth-order valence-electron chi connectivity index (χ4n) is 2.03. The van der Waals surface area contributed by atoms with Gasteiger partial charge in [0, 0.05) is 5.69 Å². The van der Waals surface area contributed by atoms with Gasteiger partial charge in [-0.1, -0.05) is 32.0 Å². The highest BCUT2D eigenvalue weighted by Gasteiger charge is 2.24. The predicted octanol–water partition coefficient (Wildman–Crippen LogP) is 3.70. The van der Waals surface area contributed by atoms with E-state index in [1.807, 2.05) is 32.0 Å². The molecule has 1 aromatic carbocycles. The summed E-state index contributed by atoms with van der Waals surface area (Å²) in [6.45, 7) is 5.93. The molecule has 0 aliphatic carbocycles. The van der Waals surface area contributed by atoms with Crippen LogP contribution in [-0.4, -0.2) is 18.5 Å². The number of esters is 1. The zero-order valence-corrected chi connectivity index (χ0v) is 14.2. The molecule has 3 N–H and O–H groups in total. The highest BCUT2D eigenvalue weighted by molar-refractivity contribution is 7.18. The predicted molar refractivity (Wildman–Crippen MR) is 93.0 cm³/mol. The molecule has 0 aliphatic heterocycles. The summed E-state index contributed by atoms with van der Waals surface area (Å²) in [5.74, 6) is -0.531. The molecule has 0 bridgehead atoms. The van der Waals surface area contributed by atoms with Crippen LogP contribution in [0, 0.1) is 12.8 Å². The Labute approximate surface area is 139 Å². The number of benzene rings is 1. The van der Waals surface area contributed by atoms with Crippen molar-refractivity contribution < 1.29 is 14.3 Å². The smallest absolute Gasteiger partial charge is 0.341 e. The van der Waals surface area contributed by atoms with Crippen molar-refractivity contribution in [3.05, 3.63) is 46.3 Å². The van der Waals surface area contributed by atoms with E-state index < -0.39 is 5.97 Å². The van der Waals surface area contributed by atoms with Crippen LogP contribution >= 0.6 is 11.3 Å². The Balaban J connectivity index is 2.19. The second-order valence-corrected chi connectivity index (χ2v) is 6.66. The molecule has 0 fully saturated rings. The molecular weight excluding hydrogens is 312 g/mol. The van der Waals surface area contributed by atoms with Gasteiger partial charge < -0.3 is 15.8 Å². The van der Waals surface area contributed by atoms with Gasteiger partial charge in [-0.15, -0.1) is 11.3 Å². The molecule has 1 aromatic heterocycles. The second-order valence-electron chi connectivity index (χ2n) is 5.61. The van der Waals surface area contributed by atoms with Crippen LogP contribution < -0.4 is 11.1 Å². The number of carbonyl (C=O) groups excluding carboxylic acids is 2. The van der Waals surface area contributed by atoms with Crippen LogP contribution in [0.2, 0.25) is 0 Å². The molecule has 6 heteroatoms. The molecule has 0 saturated carbocycles. The normalized spacial score (nSPS) is 10.6. The van der Waals surface area contributed by atoms with E-state index in [0.29, 0.717) is 27.7 Å². The lowest BCUT2D eigenvalue weighted by Crippen LogP contribution is -2.14. The number of hydrogen-bond donors (Lipinski definition) is 2. The summed E-state index contributed by atoms with van der Waals surface area (Å²) >= 11 is 1.10. The third kappa shape index (κ3) is 4.10. The van der Waals surface area contributed by atoms with Gasteiger partial charge in [-0.3, -0.25) is 4.79 Å².